The van der Waals surface area contributed by atoms with Gasteiger partial charge in [-0.05, 0) is 38.4 Å². The molecule has 98 valence electrons. The molecule has 0 aromatic heterocycles. The third kappa shape index (κ3) is 3.05. The summed E-state index contributed by atoms with van der Waals surface area (Å²) in [6, 6.07) is 5.55. The zero-order chi connectivity index (χ0) is 13.1. The number of hydrogen-bond donors (Lipinski definition) is 0. The van der Waals surface area contributed by atoms with E-state index >= 15 is 0 Å². The van der Waals surface area contributed by atoms with Crippen LogP contribution >= 0.6 is 23.2 Å². The number of carbonyl (C=O) groups is 1. The number of carbonyl (C=O) groups excluding carboxylic acids is 1. The van der Waals surface area contributed by atoms with Gasteiger partial charge >= 0.3 is 0 Å². The summed E-state index contributed by atoms with van der Waals surface area (Å²) >= 11 is 12.4. The number of rotatable bonds is 3. The Kier molecular flexibility index (Phi) is 4.66. The van der Waals surface area contributed by atoms with E-state index in [2.05, 4.69) is 4.90 Å². The van der Waals surface area contributed by atoms with E-state index in [1.165, 1.54) is 0 Å². The summed E-state index contributed by atoms with van der Waals surface area (Å²) in [6.07, 6.45) is 3.19. The van der Waals surface area contributed by atoms with Crippen LogP contribution in [-0.2, 0) is 11.3 Å². The van der Waals surface area contributed by atoms with Gasteiger partial charge in [-0.2, -0.15) is 0 Å². The number of halogens is 2. The molecule has 0 bridgehead atoms. The fourth-order valence-corrected chi connectivity index (χ4v) is 3.04. The maximum atomic E-state index is 11.7. The van der Waals surface area contributed by atoms with E-state index in [0.717, 1.165) is 31.4 Å². The van der Waals surface area contributed by atoms with Crippen LogP contribution in [0.4, 0.5) is 0 Å². The highest BCUT2D eigenvalue weighted by molar-refractivity contribution is 6.35. The highest BCUT2D eigenvalue weighted by atomic mass is 35.5. The molecule has 18 heavy (non-hydrogen) atoms. The largest absolute Gasteiger partial charge is 0.298 e. The van der Waals surface area contributed by atoms with Gasteiger partial charge in [0.15, 0.2) is 0 Å². The van der Waals surface area contributed by atoms with Crippen molar-refractivity contribution in [3.8, 4) is 0 Å². The third-order valence-electron chi connectivity index (χ3n) is 3.51. The second kappa shape index (κ2) is 6.05. The van der Waals surface area contributed by atoms with Gasteiger partial charge in [-0.25, -0.2) is 0 Å². The van der Waals surface area contributed by atoms with E-state index in [0.29, 0.717) is 16.6 Å². The molecule has 1 aliphatic rings. The summed E-state index contributed by atoms with van der Waals surface area (Å²) in [4.78, 5) is 13.9. The Morgan fingerprint density at radius 3 is 2.61 bits per heavy atom. The van der Waals surface area contributed by atoms with Gasteiger partial charge in [-0.1, -0.05) is 35.7 Å². The van der Waals surface area contributed by atoms with Gasteiger partial charge in [0.25, 0.3) is 0 Å². The first-order valence-electron chi connectivity index (χ1n) is 6.27. The zero-order valence-electron chi connectivity index (χ0n) is 10.5. The van der Waals surface area contributed by atoms with Crippen LogP contribution in [0.1, 0.15) is 31.7 Å². The van der Waals surface area contributed by atoms with E-state index in [-0.39, 0.29) is 11.8 Å². The minimum atomic E-state index is 0.0195. The van der Waals surface area contributed by atoms with Crippen molar-refractivity contribution in [3.05, 3.63) is 33.8 Å². The smallest absolute Gasteiger partial charge is 0.146 e. The van der Waals surface area contributed by atoms with Crippen LogP contribution in [0.5, 0.6) is 0 Å². The Morgan fingerprint density at radius 2 is 2.00 bits per heavy atom. The molecule has 1 saturated heterocycles. The van der Waals surface area contributed by atoms with Crippen molar-refractivity contribution in [1.29, 1.82) is 0 Å². The summed E-state index contributed by atoms with van der Waals surface area (Å²) in [7, 11) is 0. The monoisotopic (exact) mass is 285 g/mol. The fourth-order valence-electron chi connectivity index (χ4n) is 2.53. The quantitative estimate of drug-likeness (QED) is 0.839. The lowest BCUT2D eigenvalue weighted by Gasteiger charge is -2.34. The Labute approximate surface area is 118 Å². The number of hydrogen-bond acceptors (Lipinski definition) is 2. The molecule has 1 aromatic carbocycles. The van der Waals surface area contributed by atoms with Crippen LogP contribution in [0.25, 0.3) is 0 Å². The summed E-state index contributed by atoms with van der Waals surface area (Å²) < 4.78 is 0. The first-order valence-corrected chi connectivity index (χ1v) is 7.02. The van der Waals surface area contributed by atoms with Crippen LogP contribution < -0.4 is 0 Å². The van der Waals surface area contributed by atoms with Crippen LogP contribution in [0.3, 0.4) is 0 Å². The Balaban J connectivity index is 2.18. The molecule has 0 radical (unpaired) electrons. The second-order valence-electron chi connectivity index (χ2n) is 4.79. The van der Waals surface area contributed by atoms with Crippen molar-refractivity contribution in [1.82, 2.24) is 4.90 Å². The molecule has 0 spiro atoms. The molecule has 1 aliphatic heterocycles. The van der Waals surface area contributed by atoms with Crippen molar-refractivity contribution in [2.24, 2.45) is 0 Å². The molecule has 0 aliphatic carbocycles. The number of Topliss-reactive ketones (excluding diaryl/α,β-unsaturated/α-hetero) is 1. The lowest BCUT2D eigenvalue weighted by atomic mass is 9.98. The summed E-state index contributed by atoms with van der Waals surface area (Å²) in [5.41, 5.74) is 0.925. The molecule has 0 amide bonds. The SMILES string of the molecule is CC(=O)C1CCCCN1Cc1c(Cl)cccc1Cl. The fraction of sp³-hybridized carbons (Fsp3) is 0.500. The lowest BCUT2D eigenvalue weighted by Crippen LogP contribution is -2.43. The molecule has 1 unspecified atom stereocenters. The second-order valence-corrected chi connectivity index (χ2v) is 5.61. The number of piperidine rings is 1. The van der Waals surface area contributed by atoms with Crippen molar-refractivity contribution in [3.63, 3.8) is 0 Å². The molecule has 2 nitrogen and oxygen atoms in total. The molecule has 0 saturated carbocycles. The molecule has 0 N–H and O–H groups in total. The van der Waals surface area contributed by atoms with Gasteiger partial charge < -0.3 is 0 Å². The molecule has 4 heteroatoms. The first-order chi connectivity index (χ1) is 8.59. The molecule has 2 rings (SSSR count). The predicted molar refractivity (Wildman–Crippen MR) is 75.2 cm³/mol. The third-order valence-corrected chi connectivity index (χ3v) is 4.21. The van der Waals surface area contributed by atoms with E-state index < -0.39 is 0 Å². The van der Waals surface area contributed by atoms with Gasteiger partial charge in [-0.15, -0.1) is 0 Å². The van der Waals surface area contributed by atoms with Crippen molar-refractivity contribution in [2.45, 2.75) is 38.8 Å². The standard InChI is InChI=1S/C14H17Cl2NO/c1-10(18)14-7-2-3-8-17(14)9-11-12(15)5-4-6-13(11)16/h4-6,14H,2-3,7-9H2,1H3. The Hall–Kier alpha value is -0.570. The molecule has 1 atom stereocenters. The van der Waals surface area contributed by atoms with Gasteiger partial charge in [0.1, 0.15) is 5.78 Å². The van der Waals surface area contributed by atoms with Crippen molar-refractivity contribution in [2.75, 3.05) is 6.54 Å². The highest BCUT2D eigenvalue weighted by Crippen LogP contribution is 2.28. The van der Waals surface area contributed by atoms with E-state index in [1.54, 1.807) is 6.92 Å². The Bertz CT molecular complexity index is 427. The summed E-state index contributed by atoms with van der Waals surface area (Å²) in [6.45, 7) is 3.26. The molecule has 1 heterocycles. The average Bonchev–Trinajstić information content (AvgIpc) is 2.34. The van der Waals surface area contributed by atoms with Crippen molar-refractivity contribution >= 4 is 29.0 Å². The highest BCUT2D eigenvalue weighted by Gasteiger charge is 2.26. The van der Waals surface area contributed by atoms with Crippen LogP contribution in [0.15, 0.2) is 18.2 Å². The Morgan fingerprint density at radius 1 is 1.33 bits per heavy atom. The lowest BCUT2D eigenvalue weighted by molar-refractivity contribution is -0.123. The number of benzene rings is 1. The number of ketones is 1. The molecular formula is C14H17Cl2NO. The maximum Gasteiger partial charge on any atom is 0.146 e. The van der Waals surface area contributed by atoms with Crippen LogP contribution in [-0.4, -0.2) is 23.3 Å². The topological polar surface area (TPSA) is 20.3 Å². The normalized spacial score (nSPS) is 20.9. The van der Waals surface area contributed by atoms with E-state index in [9.17, 15) is 4.79 Å². The zero-order valence-corrected chi connectivity index (χ0v) is 12.0. The summed E-state index contributed by atoms with van der Waals surface area (Å²) in [5, 5.41) is 1.35. The molecule has 1 fully saturated rings. The van der Waals surface area contributed by atoms with Gasteiger partial charge in [0.2, 0.25) is 0 Å². The minimum absolute atomic E-state index is 0.0195. The van der Waals surface area contributed by atoms with Gasteiger partial charge in [-0.3, -0.25) is 9.69 Å². The maximum absolute atomic E-state index is 11.7. The van der Waals surface area contributed by atoms with Gasteiger partial charge in [0.05, 0.1) is 6.04 Å². The molecular weight excluding hydrogens is 269 g/mol. The average molecular weight is 286 g/mol. The van der Waals surface area contributed by atoms with Crippen LogP contribution in [0, 0.1) is 0 Å². The molecule has 1 aromatic rings. The first kappa shape index (κ1) is 13.9. The summed E-state index contributed by atoms with van der Waals surface area (Å²) in [5.74, 6) is 0.234. The number of likely N-dealkylation sites (tertiary alicyclic amines) is 1. The predicted octanol–water partition coefficient (Wildman–Crippen LogP) is 3.94. The van der Waals surface area contributed by atoms with Crippen LogP contribution in [0.2, 0.25) is 10.0 Å². The number of nitrogens with zero attached hydrogens (tertiary/aromatic N) is 1. The minimum Gasteiger partial charge on any atom is -0.298 e. The van der Waals surface area contributed by atoms with E-state index in [4.69, 9.17) is 23.2 Å². The van der Waals surface area contributed by atoms with Gasteiger partial charge in [0, 0.05) is 22.2 Å². The van der Waals surface area contributed by atoms with E-state index in [1.807, 2.05) is 18.2 Å². The van der Waals surface area contributed by atoms with Crippen molar-refractivity contribution < 1.29 is 4.79 Å².